The summed E-state index contributed by atoms with van der Waals surface area (Å²) in [5.74, 6) is -1.57. The molecule has 1 aromatic carbocycles. The topological polar surface area (TPSA) is 85.2 Å². The molecule has 0 aliphatic carbocycles. The lowest BCUT2D eigenvalue weighted by Crippen LogP contribution is -2.45. The van der Waals surface area contributed by atoms with Crippen molar-refractivity contribution in [2.45, 2.75) is 44.7 Å². The fourth-order valence-corrected chi connectivity index (χ4v) is 2.92. The highest BCUT2D eigenvalue weighted by Crippen LogP contribution is 2.44. The fourth-order valence-electron chi connectivity index (χ4n) is 2.92. The lowest BCUT2D eigenvalue weighted by Gasteiger charge is -2.30. The molecule has 0 radical (unpaired) electrons. The summed E-state index contributed by atoms with van der Waals surface area (Å²) in [7, 11) is 0. The van der Waals surface area contributed by atoms with Gasteiger partial charge in [-0.25, -0.2) is 4.79 Å². The molecule has 1 aromatic rings. The Labute approximate surface area is 122 Å². The minimum atomic E-state index is -1.16. The van der Waals surface area contributed by atoms with E-state index in [-0.39, 0.29) is 17.4 Å². The van der Waals surface area contributed by atoms with Gasteiger partial charge in [0.25, 0.3) is 0 Å². The van der Waals surface area contributed by atoms with E-state index >= 15 is 0 Å². The van der Waals surface area contributed by atoms with Crippen LogP contribution in [0.2, 0.25) is 0 Å². The second-order valence-corrected chi connectivity index (χ2v) is 6.16. The van der Waals surface area contributed by atoms with Gasteiger partial charge in [-0.05, 0) is 32.9 Å². The average molecular weight is 294 g/mol. The Bertz CT molecular complexity index is 608. The largest absolute Gasteiger partial charge is 0.507 e. The summed E-state index contributed by atoms with van der Waals surface area (Å²) in [6.45, 7) is 5.94. The SMILES string of the molecule is CC1(C)OC[C@](C)([C@H]2Cc3c(ccc(C(=O)O)c3O)O2)O1. The second kappa shape index (κ2) is 4.35. The van der Waals surface area contributed by atoms with E-state index in [0.717, 1.165) is 0 Å². The number of fused-ring (bicyclic) bond motifs is 1. The molecule has 21 heavy (non-hydrogen) atoms. The molecule has 2 aliphatic heterocycles. The Morgan fingerprint density at radius 3 is 2.62 bits per heavy atom. The van der Waals surface area contributed by atoms with Crippen molar-refractivity contribution in [3.05, 3.63) is 23.3 Å². The van der Waals surface area contributed by atoms with Crippen LogP contribution >= 0.6 is 0 Å². The molecule has 1 fully saturated rings. The highest BCUT2D eigenvalue weighted by atomic mass is 16.8. The zero-order chi connectivity index (χ0) is 15.4. The van der Waals surface area contributed by atoms with Gasteiger partial charge in [0.1, 0.15) is 28.8 Å². The maximum Gasteiger partial charge on any atom is 0.339 e. The van der Waals surface area contributed by atoms with Crippen molar-refractivity contribution in [2.75, 3.05) is 6.61 Å². The predicted octanol–water partition coefficient (Wildman–Crippen LogP) is 1.94. The number of carbonyl (C=O) groups is 1. The van der Waals surface area contributed by atoms with Gasteiger partial charge in [-0.3, -0.25) is 0 Å². The normalized spacial score (nSPS) is 30.0. The molecule has 1 saturated heterocycles. The second-order valence-electron chi connectivity index (χ2n) is 6.16. The van der Waals surface area contributed by atoms with Crippen LogP contribution < -0.4 is 4.74 Å². The molecule has 0 amide bonds. The van der Waals surface area contributed by atoms with Gasteiger partial charge in [0, 0.05) is 12.0 Å². The van der Waals surface area contributed by atoms with Gasteiger partial charge in [0.05, 0.1) is 6.61 Å². The molecule has 0 aromatic heterocycles. The first-order valence-electron chi connectivity index (χ1n) is 6.81. The Morgan fingerprint density at radius 2 is 2.05 bits per heavy atom. The van der Waals surface area contributed by atoms with E-state index in [1.807, 2.05) is 20.8 Å². The van der Waals surface area contributed by atoms with E-state index in [4.69, 9.17) is 19.3 Å². The van der Waals surface area contributed by atoms with Crippen LogP contribution in [0.15, 0.2) is 12.1 Å². The number of aromatic carboxylic acids is 1. The molecule has 6 nitrogen and oxygen atoms in total. The Balaban J connectivity index is 1.89. The number of hydrogen-bond acceptors (Lipinski definition) is 5. The van der Waals surface area contributed by atoms with E-state index in [2.05, 4.69) is 0 Å². The monoisotopic (exact) mass is 294 g/mol. The van der Waals surface area contributed by atoms with E-state index in [0.29, 0.717) is 24.3 Å². The summed E-state index contributed by atoms with van der Waals surface area (Å²) in [6, 6.07) is 2.92. The zero-order valence-electron chi connectivity index (χ0n) is 12.2. The average Bonchev–Trinajstić information content (AvgIpc) is 2.92. The number of aromatic hydroxyl groups is 1. The molecule has 0 unspecified atom stereocenters. The molecule has 6 heteroatoms. The first-order valence-corrected chi connectivity index (χ1v) is 6.81. The first kappa shape index (κ1) is 14.2. The van der Waals surface area contributed by atoms with E-state index in [9.17, 15) is 9.90 Å². The highest BCUT2D eigenvalue weighted by Gasteiger charge is 2.50. The Kier molecular flexibility index (Phi) is 2.93. The molecule has 2 aliphatic rings. The summed E-state index contributed by atoms with van der Waals surface area (Å²) in [5, 5.41) is 19.1. The van der Waals surface area contributed by atoms with Gasteiger partial charge in [-0.15, -0.1) is 0 Å². The molecule has 0 saturated carbocycles. The minimum absolute atomic E-state index is 0.118. The van der Waals surface area contributed by atoms with E-state index in [1.54, 1.807) is 6.07 Å². The van der Waals surface area contributed by atoms with Crippen LogP contribution in [0.25, 0.3) is 0 Å². The summed E-state index contributed by atoms with van der Waals surface area (Å²) < 4.78 is 17.4. The quantitative estimate of drug-likeness (QED) is 0.867. The van der Waals surface area contributed by atoms with Crippen molar-refractivity contribution in [2.24, 2.45) is 0 Å². The van der Waals surface area contributed by atoms with E-state index < -0.39 is 17.4 Å². The van der Waals surface area contributed by atoms with Crippen molar-refractivity contribution in [3.8, 4) is 11.5 Å². The molecule has 2 N–H and O–H groups in total. The summed E-state index contributed by atoms with van der Waals surface area (Å²) >= 11 is 0. The molecular formula is C15H18O6. The van der Waals surface area contributed by atoms with Crippen LogP contribution in [-0.2, 0) is 15.9 Å². The van der Waals surface area contributed by atoms with Gasteiger partial charge in [-0.1, -0.05) is 0 Å². The highest BCUT2D eigenvalue weighted by molar-refractivity contribution is 5.91. The van der Waals surface area contributed by atoms with Gasteiger partial charge >= 0.3 is 5.97 Å². The standard InChI is InChI=1S/C15H18O6/c1-14(2)19-7-15(3,21-14)11-6-9-10(20-11)5-4-8(12(9)16)13(17)18/h4-5,11,16H,6-7H2,1-3H3,(H,17,18)/t11-,15-/m1/s1. The molecule has 2 atom stereocenters. The third-order valence-electron chi connectivity index (χ3n) is 4.00. The molecule has 0 spiro atoms. The third kappa shape index (κ3) is 2.24. The van der Waals surface area contributed by atoms with Crippen molar-refractivity contribution in [1.29, 1.82) is 0 Å². The Hall–Kier alpha value is -1.79. The maximum absolute atomic E-state index is 11.1. The molecule has 0 bridgehead atoms. The number of phenols is 1. The van der Waals surface area contributed by atoms with Crippen molar-refractivity contribution >= 4 is 5.97 Å². The van der Waals surface area contributed by atoms with Crippen molar-refractivity contribution in [3.63, 3.8) is 0 Å². The predicted molar refractivity (Wildman–Crippen MR) is 72.7 cm³/mol. The zero-order valence-corrected chi connectivity index (χ0v) is 12.2. The molecule has 3 rings (SSSR count). The number of hydrogen-bond donors (Lipinski definition) is 2. The van der Waals surface area contributed by atoms with Crippen LogP contribution in [0.1, 0.15) is 36.7 Å². The number of carboxylic acids is 1. The molecule has 2 heterocycles. The van der Waals surface area contributed by atoms with Crippen molar-refractivity contribution < 1.29 is 29.2 Å². The van der Waals surface area contributed by atoms with Gasteiger partial charge in [-0.2, -0.15) is 0 Å². The summed E-state index contributed by atoms with van der Waals surface area (Å²) in [5.41, 5.74) is -0.250. The smallest absolute Gasteiger partial charge is 0.339 e. The number of rotatable bonds is 2. The Morgan fingerprint density at radius 1 is 1.33 bits per heavy atom. The maximum atomic E-state index is 11.1. The van der Waals surface area contributed by atoms with E-state index in [1.165, 1.54) is 6.07 Å². The van der Waals surface area contributed by atoms with Crippen LogP contribution in [-0.4, -0.2) is 40.3 Å². The number of carboxylic acid groups (broad SMARTS) is 1. The van der Waals surface area contributed by atoms with Gasteiger partial charge < -0.3 is 24.4 Å². The summed E-state index contributed by atoms with van der Waals surface area (Å²) in [4.78, 5) is 11.1. The van der Waals surface area contributed by atoms with Crippen LogP contribution in [0, 0.1) is 0 Å². The van der Waals surface area contributed by atoms with Gasteiger partial charge in [0.2, 0.25) is 0 Å². The van der Waals surface area contributed by atoms with Crippen LogP contribution in [0.4, 0.5) is 0 Å². The lowest BCUT2D eigenvalue weighted by molar-refractivity contribution is -0.173. The van der Waals surface area contributed by atoms with Crippen molar-refractivity contribution in [1.82, 2.24) is 0 Å². The number of benzene rings is 1. The molecular weight excluding hydrogens is 276 g/mol. The number of ether oxygens (including phenoxy) is 3. The minimum Gasteiger partial charge on any atom is -0.507 e. The lowest BCUT2D eigenvalue weighted by atomic mass is 9.95. The summed E-state index contributed by atoms with van der Waals surface area (Å²) in [6.07, 6.45) is 0.0577. The fraction of sp³-hybridized carbons (Fsp3) is 0.533. The molecule has 114 valence electrons. The van der Waals surface area contributed by atoms with Crippen LogP contribution in [0.5, 0.6) is 11.5 Å². The first-order chi connectivity index (χ1) is 9.72. The third-order valence-corrected chi connectivity index (χ3v) is 4.00. The van der Waals surface area contributed by atoms with Gasteiger partial charge in [0.15, 0.2) is 5.79 Å². The van der Waals surface area contributed by atoms with Crippen LogP contribution in [0.3, 0.4) is 0 Å².